The van der Waals surface area contributed by atoms with Crippen LogP contribution in [-0.4, -0.2) is 21.0 Å². The molecular weight excluding hydrogens is 308 g/mol. The summed E-state index contributed by atoms with van der Waals surface area (Å²) in [5.41, 5.74) is 9.73. The summed E-state index contributed by atoms with van der Waals surface area (Å²) < 4.78 is 0. The van der Waals surface area contributed by atoms with E-state index in [-0.39, 0.29) is 6.04 Å². The molecule has 2 atom stereocenters. The van der Waals surface area contributed by atoms with Gasteiger partial charge in [0, 0.05) is 29.1 Å². The standard InChI is InChI=1S/C22H20N2O/c1-14-13-19-18-7-2-3-8-20(18)23-21(19)22(24(14)16-5-4-6-16)15-9-11-17(25)12-10-15/h2-4,7-12,14,22-23,25H,5,13H2,1H3/t14-,22-/m1/s1. The lowest BCUT2D eigenvalue weighted by Crippen LogP contribution is -2.42. The van der Waals surface area contributed by atoms with E-state index in [0.29, 0.717) is 11.8 Å². The van der Waals surface area contributed by atoms with E-state index >= 15 is 0 Å². The third-order valence-corrected chi connectivity index (χ3v) is 5.46. The molecule has 25 heavy (non-hydrogen) atoms. The van der Waals surface area contributed by atoms with Crippen LogP contribution in [0.5, 0.6) is 5.75 Å². The van der Waals surface area contributed by atoms with E-state index in [2.05, 4.69) is 52.9 Å². The zero-order valence-electron chi connectivity index (χ0n) is 14.2. The van der Waals surface area contributed by atoms with Gasteiger partial charge in [0.05, 0.1) is 11.7 Å². The Morgan fingerprint density at radius 1 is 1.12 bits per heavy atom. The minimum absolute atomic E-state index is 0.128. The van der Waals surface area contributed by atoms with Gasteiger partial charge in [-0.2, -0.15) is 0 Å². The fourth-order valence-corrected chi connectivity index (χ4v) is 4.24. The monoisotopic (exact) mass is 328 g/mol. The van der Waals surface area contributed by atoms with Crippen LogP contribution in [0.15, 0.2) is 66.0 Å². The Bertz CT molecular complexity index is 1020. The van der Waals surface area contributed by atoms with Gasteiger partial charge < -0.3 is 15.0 Å². The van der Waals surface area contributed by atoms with Crippen molar-refractivity contribution < 1.29 is 5.11 Å². The number of aromatic hydroxyl groups is 1. The van der Waals surface area contributed by atoms with Crippen molar-refractivity contribution in [2.45, 2.75) is 31.8 Å². The number of H-pyrrole nitrogens is 1. The highest BCUT2D eigenvalue weighted by Crippen LogP contribution is 2.43. The predicted molar refractivity (Wildman–Crippen MR) is 99.5 cm³/mol. The van der Waals surface area contributed by atoms with Crippen molar-refractivity contribution >= 4 is 10.9 Å². The van der Waals surface area contributed by atoms with E-state index < -0.39 is 0 Å². The fraction of sp³-hybridized carbons (Fsp3) is 0.227. The largest absolute Gasteiger partial charge is 0.508 e. The molecular formula is C22H20N2O. The summed E-state index contributed by atoms with van der Waals surface area (Å²) in [7, 11) is 0. The van der Waals surface area contributed by atoms with Crippen molar-refractivity contribution in [2.24, 2.45) is 0 Å². The molecule has 1 aliphatic heterocycles. The third-order valence-electron chi connectivity index (χ3n) is 5.46. The molecule has 3 heteroatoms. The predicted octanol–water partition coefficient (Wildman–Crippen LogP) is 4.65. The first kappa shape index (κ1) is 14.4. The molecule has 2 aromatic carbocycles. The lowest BCUT2D eigenvalue weighted by molar-refractivity contribution is 0.194. The van der Waals surface area contributed by atoms with Gasteiger partial charge in [-0.25, -0.2) is 0 Å². The first-order valence-corrected chi connectivity index (χ1v) is 8.83. The Labute approximate surface area is 146 Å². The molecule has 0 radical (unpaired) electrons. The molecule has 1 aliphatic carbocycles. The van der Waals surface area contributed by atoms with Crippen molar-refractivity contribution in [3.05, 3.63) is 82.9 Å². The summed E-state index contributed by atoms with van der Waals surface area (Å²) in [6.45, 7) is 2.30. The van der Waals surface area contributed by atoms with Gasteiger partial charge in [-0.1, -0.05) is 30.3 Å². The van der Waals surface area contributed by atoms with Crippen molar-refractivity contribution in [1.82, 2.24) is 9.88 Å². The van der Waals surface area contributed by atoms with Crippen LogP contribution in [0.4, 0.5) is 0 Å². The molecule has 0 saturated heterocycles. The molecule has 2 aliphatic rings. The Morgan fingerprint density at radius 3 is 2.60 bits per heavy atom. The van der Waals surface area contributed by atoms with E-state index in [1.54, 1.807) is 12.1 Å². The van der Waals surface area contributed by atoms with Crippen LogP contribution >= 0.6 is 0 Å². The SMILES string of the molecule is C[C@@H]1Cc2c([nH]c3ccccc23)[C@@H](c2ccc(O)cc2)N1C1=C=CC1. The third kappa shape index (κ3) is 2.13. The van der Waals surface area contributed by atoms with E-state index in [9.17, 15) is 5.11 Å². The average Bonchev–Trinajstić information content (AvgIpc) is 2.93. The molecule has 3 nitrogen and oxygen atoms in total. The highest BCUT2D eigenvalue weighted by atomic mass is 16.3. The van der Waals surface area contributed by atoms with Gasteiger partial charge in [-0.15, -0.1) is 5.73 Å². The maximum atomic E-state index is 9.71. The van der Waals surface area contributed by atoms with Crippen molar-refractivity contribution in [2.75, 3.05) is 0 Å². The fourth-order valence-electron chi connectivity index (χ4n) is 4.24. The highest BCUT2D eigenvalue weighted by Gasteiger charge is 2.37. The number of para-hydroxylation sites is 1. The van der Waals surface area contributed by atoms with Gasteiger partial charge in [0.2, 0.25) is 0 Å². The van der Waals surface area contributed by atoms with Gasteiger partial charge in [0.25, 0.3) is 0 Å². The molecule has 0 amide bonds. The number of aromatic amines is 1. The van der Waals surface area contributed by atoms with Crippen LogP contribution in [0.2, 0.25) is 0 Å². The van der Waals surface area contributed by atoms with Gasteiger partial charge in [-0.05, 0) is 48.7 Å². The second-order valence-corrected chi connectivity index (χ2v) is 7.02. The second kappa shape index (κ2) is 5.30. The molecule has 0 bridgehead atoms. The average molecular weight is 328 g/mol. The number of fused-ring (bicyclic) bond motifs is 3. The Hall–Kier alpha value is -2.90. The topological polar surface area (TPSA) is 39.3 Å². The number of hydrogen-bond donors (Lipinski definition) is 2. The Kier molecular flexibility index (Phi) is 3.06. The summed E-state index contributed by atoms with van der Waals surface area (Å²) in [6.07, 6.45) is 4.10. The molecule has 1 aromatic heterocycles. The van der Waals surface area contributed by atoms with E-state index in [1.807, 2.05) is 12.1 Å². The lowest BCUT2D eigenvalue weighted by Gasteiger charge is -2.44. The van der Waals surface area contributed by atoms with Crippen molar-refractivity contribution in [3.63, 3.8) is 0 Å². The minimum atomic E-state index is 0.128. The summed E-state index contributed by atoms with van der Waals surface area (Å²) in [5.74, 6) is 0.304. The summed E-state index contributed by atoms with van der Waals surface area (Å²) in [4.78, 5) is 6.17. The molecule has 2 heterocycles. The Balaban J connectivity index is 1.75. The molecule has 0 saturated carbocycles. The lowest BCUT2D eigenvalue weighted by atomic mass is 9.87. The number of aromatic nitrogens is 1. The normalized spacial score (nSPS) is 21.8. The van der Waals surface area contributed by atoms with Crippen molar-refractivity contribution in [3.8, 4) is 5.75 Å². The minimum Gasteiger partial charge on any atom is -0.508 e. The summed E-state index contributed by atoms with van der Waals surface area (Å²) >= 11 is 0. The number of hydrogen-bond acceptors (Lipinski definition) is 2. The Morgan fingerprint density at radius 2 is 1.88 bits per heavy atom. The van der Waals surface area contributed by atoms with Crippen LogP contribution in [-0.2, 0) is 6.42 Å². The van der Waals surface area contributed by atoms with Gasteiger partial charge in [-0.3, -0.25) is 0 Å². The molecule has 2 N–H and O–H groups in total. The molecule has 0 unspecified atom stereocenters. The highest BCUT2D eigenvalue weighted by molar-refractivity contribution is 5.85. The van der Waals surface area contributed by atoms with Crippen LogP contribution < -0.4 is 0 Å². The van der Waals surface area contributed by atoms with E-state index in [0.717, 1.165) is 12.8 Å². The van der Waals surface area contributed by atoms with Crippen LogP contribution in [0.1, 0.15) is 36.2 Å². The maximum absolute atomic E-state index is 9.71. The number of rotatable bonds is 2. The number of phenolic OH excluding ortho intramolecular Hbond substituents is 1. The van der Waals surface area contributed by atoms with Crippen LogP contribution in [0.3, 0.4) is 0 Å². The zero-order chi connectivity index (χ0) is 17.0. The second-order valence-electron chi connectivity index (χ2n) is 7.02. The van der Waals surface area contributed by atoms with E-state index in [1.165, 1.54) is 33.4 Å². The smallest absolute Gasteiger partial charge is 0.115 e. The van der Waals surface area contributed by atoms with Crippen LogP contribution in [0, 0.1) is 0 Å². The van der Waals surface area contributed by atoms with Gasteiger partial charge in [0.1, 0.15) is 5.75 Å². The van der Waals surface area contributed by atoms with Crippen molar-refractivity contribution in [1.29, 1.82) is 0 Å². The number of benzene rings is 2. The number of phenols is 1. The molecule has 124 valence electrons. The molecule has 0 spiro atoms. The number of nitrogens with zero attached hydrogens (tertiary/aromatic N) is 1. The number of nitrogens with one attached hydrogen (secondary N) is 1. The van der Waals surface area contributed by atoms with Gasteiger partial charge in [0.15, 0.2) is 0 Å². The molecule has 5 rings (SSSR count). The quantitative estimate of drug-likeness (QED) is 0.672. The molecule has 0 fully saturated rings. The summed E-state index contributed by atoms with van der Waals surface area (Å²) in [6, 6.07) is 16.7. The van der Waals surface area contributed by atoms with Crippen LogP contribution in [0.25, 0.3) is 10.9 Å². The maximum Gasteiger partial charge on any atom is 0.115 e. The first-order chi connectivity index (χ1) is 12.2. The van der Waals surface area contributed by atoms with Gasteiger partial charge >= 0.3 is 0 Å². The molecule has 3 aromatic rings. The van der Waals surface area contributed by atoms with E-state index in [4.69, 9.17) is 0 Å². The summed E-state index contributed by atoms with van der Waals surface area (Å²) in [5, 5.41) is 11.0. The first-order valence-electron chi connectivity index (χ1n) is 8.83. The zero-order valence-corrected chi connectivity index (χ0v) is 14.2.